The van der Waals surface area contributed by atoms with Crippen LogP contribution < -0.4 is 9.47 Å². The van der Waals surface area contributed by atoms with Crippen molar-refractivity contribution < 1.29 is 13.9 Å². The normalized spacial score (nSPS) is 15.2. The van der Waals surface area contributed by atoms with E-state index < -0.39 is 0 Å². The number of piperidine rings is 1. The molecule has 0 radical (unpaired) electrons. The molecule has 2 heterocycles. The molecule has 1 saturated heterocycles. The van der Waals surface area contributed by atoms with Crippen LogP contribution >= 0.6 is 0 Å². The fourth-order valence-corrected chi connectivity index (χ4v) is 4.82. The van der Waals surface area contributed by atoms with Gasteiger partial charge in [-0.3, -0.25) is 4.90 Å². The van der Waals surface area contributed by atoms with Crippen molar-refractivity contribution in [3.8, 4) is 22.8 Å². The first-order valence-corrected chi connectivity index (χ1v) is 11.3. The number of hydrogen-bond donors (Lipinski definition) is 0. The van der Waals surface area contributed by atoms with Gasteiger partial charge in [0, 0.05) is 11.9 Å². The predicted octanol–water partition coefficient (Wildman–Crippen LogP) is 6.50. The second kappa shape index (κ2) is 9.09. The van der Waals surface area contributed by atoms with Crippen LogP contribution in [0.25, 0.3) is 22.3 Å². The van der Waals surface area contributed by atoms with Gasteiger partial charge in [0.1, 0.15) is 11.5 Å². The van der Waals surface area contributed by atoms with Crippen LogP contribution in [0.1, 0.15) is 29.9 Å². The molecule has 4 aromatic rings. The van der Waals surface area contributed by atoms with E-state index in [0.717, 1.165) is 53.4 Å². The number of fused-ring (bicyclic) bond motifs is 1. The van der Waals surface area contributed by atoms with Gasteiger partial charge in [-0.05, 0) is 67.2 Å². The SMILES string of the molecule is COc1ccccc1-c1cc2c(CN3CCC(c4ccccc4)CC3)ccc(OC)c2o1. The summed E-state index contributed by atoms with van der Waals surface area (Å²) in [5.74, 6) is 3.02. The van der Waals surface area contributed by atoms with E-state index in [1.165, 1.54) is 24.0 Å². The molecule has 164 valence electrons. The smallest absolute Gasteiger partial charge is 0.176 e. The fourth-order valence-electron chi connectivity index (χ4n) is 4.82. The van der Waals surface area contributed by atoms with Gasteiger partial charge < -0.3 is 13.9 Å². The first kappa shape index (κ1) is 20.7. The minimum Gasteiger partial charge on any atom is -0.496 e. The van der Waals surface area contributed by atoms with Crippen molar-refractivity contribution in [1.29, 1.82) is 0 Å². The van der Waals surface area contributed by atoms with Gasteiger partial charge in [0.2, 0.25) is 0 Å². The third-order valence-corrected chi connectivity index (χ3v) is 6.58. The average Bonchev–Trinajstić information content (AvgIpc) is 3.31. The third kappa shape index (κ3) is 3.98. The van der Waals surface area contributed by atoms with E-state index in [4.69, 9.17) is 13.9 Å². The summed E-state index contributed by atoms with van der Waals surface area (Å²) in [6.45, 7) is 3.11. The lowest BCUT2D eigenvalue weighted by atomic mass is 9.89. The first-order chi connectivity index (χ1) is 15.8. The van der Waals surface area contributed by atoms with Crippen LogP contribution in [0.2, 0.25) is 0 Å². The molecule has 0 atom stereocenters. The molecule has 3 aromatic carbocycles. The fraction of sp³-hybridized carbons (Fsp3) is 0.286. The summed E-state index contributed by atoms with van der Waals surface area (Å²) < 4.78 is 17.5. The molecule has 0 N–H and O–H groups in total. The maximum absolute atomic E-state index is 6.30. The van der Waals surface area contributed by atoms with Gasteiger partial charge in [-0.25, -0.2) is 0 Å². The van der Waals surface area contributed by atoms with Gasteiger partial charge in [-0.1, -0.05) is 48.5 Å². The molecule has 1 aliphatic rings. The maximum Gasteiger partial charge on any atom is 0.176 e. The summed E-state index contributed by atoms with van der Waals surface area (Å²) in [7, 11) is 3.38. The standard InChI is InChI=1S/C28H29NO3/c1-30-25-11-7-6-10-23(25)27-18-24-22(12-13-26(31-2)28(24)32-27)19-29-16-14-21(15-17-29)20-8-4-3-5-9-20/h3-13,18,21H,14-17,19H2,1-2H3. The van der Waals surface area contributed by atoms with E-state index in [2.05, 4.69) is 47.4 Å². The van der Waals surface area contributed by atoms with Crippen LogP contribution in [0.15, 0.2) is 77.2 Å². The summed E-state index contributed by atoms with van der Waals surface area (Å²) >= 11 is 0. The Labute approximate surface area is 189 Å². The molecule has 1 aromatic heterocycles. The third-order valence-electron chi connectivity index (χ3n) is 6.58. The number of nitrogens with zero attached hydrogens (tertiary/aromatic N) is 1. The van der Waals surface area contributed by atoms with Gasteiger partial charge in [-0.15, -0.1) is 0 Å². The minimum absolute atomic E-state index is 0.661. The highest BCUT2D eigenvalue weighted by Crippen LogP contribution is 2.39. The Morgan fingerprint density at radius 1 is 0.844 bits per heavy atom. The Bertz CT molecular complexity index is 1190. The lowest BCUT2D eigenvalue weighted by Gasteiger charge is -2.32. The lowest BCUT2D eigenvalue weighted by Crippen LogP contribution is -2.32. The van der Waals surface area contributed by atoms with Crippen LogP contribution in [0.4, 0.5) is 0 Å². The summed E-state index contributed by atoms with van der Waals surface area (Å²) in [5, 5.41) is 1.11. The van der Waals surface area contributed by atoms with Crippen molar-refractivity contribution >= 4 is 11.0 Å². The second-order valence-electron chi connectivity index (χ2n) is 8.44. The number of rotatable bonds is 6. The van der Waals surface area contributed by atoms with Gasteiger partial charge in [0.25, 0.3) is 0 Å². The zero-order valence-corrected chi connectivity index (χ0v) is 18.7. The van der Waals surface area contributed by atoms with Crippen molar-refractivity contribution in [1.82, 2.24) is 4.90 Å². The zero-order valence-electron chi connectivity index (χ0n) is 18.7. The molecule has 0 unspecified atom stereocenters. The lowest BCUT2D eigenvalue weighted by molar-refractivity contribution is 0.205. The molecular weight excluding hydrogens is 398 g/mol. The van der Waals surface area contributed by atoms with E-state index in [0.29, 0.717) is 5.92 Å². The molecule has 5 rings (SSSR count). The molecule has 0 aliphatic carbocycles. The summed E-state index contributed by atoms with van der Waals surface area (Å²) in [6, 6.07) is 25.2. The summed E-state index contributed by atoms with van der Waals surface area (Å²) in [6.07, 6.45) is 2.39. The highest BCUT2D eigenvalue weighted by Gasteiger charge is 2.22. The number of hydrogen-bond acceptors (Lipinski definition) is 4. The van der Waals surface area contributed by atoms with Crippen LogP contribution in [-0.2, 0) is 6.54 Å². The van der Waals surface area contributed by atoms with Crippen molar-refractivity contribution in [2.45, 2.75) is 25.3 Å². The topological polar surface area (TPSA) is 34.8 Å². The second-order valence-corrected chi connectivity index (χ2v) is 8.44. The zero-order chi connectivity index (χ0) is 21.9. The van der Waals surface area contributed by atoms with Gasteiger partial charge in [0.15, 0.2) is 11.3 Å². The molecule has 1 aliphatic heterocycles. The number of benzene rings is 3. The monoisotopic (exact) mass is 427 g/mol. The molecule has 1 fully saturated rings. The summed E-state index contributed by atoms with van der Waals surface area (Å²) in [5.41, 5.74) is 4.48. The predicted molar refractivity (Wildman–Crippen MR) is 128 cm³/mol. The number of ether oxygens (including phenoxy) is 2. The van der Waals surface area contributed by atoms with Crippen molar-refractivity contribution in [3.05, 3.63) is 83.9 Å². The van der Waals surface area contributed by atoms with E-state index in [-0.39, 0.29) is 0 Å². The highest BCUT2D eigenvalue weighted by molar-refractivity contribution is 5.91. The summed E-state index contributed by atoms with van der Waals surface area (Å²) in [4.78, 5) is 2.55. The molecule has 32 heavy (non-hydrogen) atoms. The molecule has 0 amide bonds. The number of furan rings is 1. The first-order valence-electron chi connectivity index (χ1n) is 11.3. The molecule has 0 spiro atoms. The van der Waals surface area contributed by atoms with Crippen LogP contribution in [0, 0.1) is 0 Å². The Morgan fingerprint density at radius 3 is 2.31 bits per heavy atom. The van der Waals surface area contributed by atoms with Crippen molar-refractivity contribution in [2.75, 3.05) is 27.3 Å². The van der Waals surface area contributed by atoms with E-state index in [1.54, 1.807) is 14.2 Å². The van der Waals surface area contributed by atoms with Gasteiger partial charge >= 0.3 is 0 Å². The Balaban J connectivity index is 1.40. The number of likely N-dealkylation sites (tertiary alicyclic amines) is 1. The van der Waals surface area contributed by atoms with Crippen LogP contribution in [0.5, 0.6) is 11.5 Å². The van der Waals surface area contributed by atoms with Crippen LogP contribution in [0.3, 0.4) is 0 Å². The number of methoxy groups -OCH3 is 2. The Kier molecular flexibility index (Phi) is 5.87. The van der Waals surface area contributed by atoms with Gasteiger partial charge in [-0.2, -0.15) is 0 Å². The Hall–Kier alpha value is -3.24. The Morgan fingerprint density at radius 2 is 1.56 bits per heavy atom. The van der Waals surface area contributed by atoms with Crippen LogP contribution in [-0.4, -0.2) is 32.2 Å². The van der Waals surface area contributed by atoms with E-state index >= 15 is 0 Å². The molecular formula is C28H29NO3. The largest absolute Gasteiger partial charge is 0.496 e. The van der Waals surface area contributed by atoms with E-state index in [9.17, 15) is 0 Å². The minimum atomic E-state index is 0.661. The molecule has 4 nitrogen and oxygen atoms in total. The molecule has 0 bridgehead atoms. The van der Waals surface area contributed by atoms with Crippen molar-refractivity contribution in [3.63, 3.8) is 0 Å². The van der Waals surface area contributed by atoms with Gasteiger partial charge in [0.05, 0.1) is 19.8 Å². The molecule has 0 saturated carbocycles. The van der Waals surface area contributed by atoms with E-state index in [1.807, 2.05) is 30.3 Å². The quantitative estimate of drug-likeness (QED) is 0.352. The maximum atomic E-state index is 6.30. The van der Waals surface area contributed by atoms with Crippen molar-refractivity contribution in [2.24, 2.45) is 0 Å². The number of para-hydroxylation sites is 1. The molecule has 4 heteroatoms. The average molecular weight is 428 g/mol. The highest BCUT2D eigenvalue weighted by atomic mass is 16.5.